The second-order valence-electron chi connectivity index (χ2n) is 3.94. The van der Waals surface area contributed by atoms with Crippen LogP contribution in [0.25, 0.3) is 0 Å². The summed E-state index contributed by atoms with van der Waals surface area (Å²) in [6, 6.07) is 8.21. The SMILES string of the molecule is CCOc1ccccc1CC(C)(C)Br. The van der Waals surface area contributed by atoms with Gasteiger partial charge in [0.2, 0.25) is 0 Å². The minimum absolute atomic E-state index is 0.125. The van der Waals surface area contributed by atoms with Crippen LogP contribution >= 0.6 is 15.9 Å². The van der Waals surface area contributed by atoms with E-state index >= 15 is 0 Å². The van der Waals surface area contributed by atoms with Crippen LogP contribution in [0.3, 0.4) is 0 Å². The lowest BCUT2D eigenvalue weighted by molar-refractivity contribution is 0.335. The molecule has 0 aliphatic heterocycles. The number of halogens is 1. The highest BCUT2D eigenvalue weighted by atomic mass is 79.9. The van der Waals surface area contributed by atoms with Crippen molar-refractivity contribution in [3.05, 3.63) is 29.8 Å². The molecule has 0 N–H and O–H groups in total. The largest absolute Gasteiger partial charge is 0.494 e. The highest BCUT2D eigenvalue weighted by Gasteiger charge is 2.15. The van der Waals surface area contributed by atoms with Crippen molar-refractivity contribution < 1.29 is 4.74 Å². The molecule has 0 saturated carbocycles. The lowest BCUT2D eigenvalue weighted by atomic mass is 10.0. The van der Waals surface area contributed by atoms with Crippen molar-refractivity contribution >= 4 is 15.9 Å². The Bertz CT molecular complexity index is 289. The van der Waals surface area contributed by atoms with E-state index in [-0.39, 0.29) is 4.32 Å². The predicted octanol–water partition coefficient (Wildman–Crippen LogP) is 3.80. The van der Waals surface area contributed by atoms with Crippen molar-refractivity contribution in [2.75, 3.05) is 6.61 Å². The molecule has 2 heteroatoms. The first-order chi connectivity index (χ1) is 6.53. The van der Waals surface area contributed by atoms with Gasteiger partial charge in [0.15, 0.2) is 0 Å². The summed E-state index contributed by atoms with van der Waals surface area (Å²) in [4.78, 5) is 0. The molecule has 0 bridgehead atoms. The van der Waals surface area contributed by atoms with Gasteiger partial charge in [-0.25, -0.2) is 0 Å². The molecule has 1 aromatic rings. The Hall–Kier alpha value is -0.500. The Morgan fingerprint density at radius 2 is 1.93 bits per heavy atom. The molecule has 0 saturated heterocycles. The number of hydrogen-bond acceptors (Lipinski definition) is 1. The van der Waals surface area contributed by atoms with E-state index in [1.807, 2.05) is 19.1 Å². The smallest absolute Gasteiger partial charge is 0.122 e. The highest BCUT2D eigenvalue weighted by molar-refractivity contribution is 9.10. The van der Waals surface area contributed by atoms with Crippen LogP contribution in [0.1, 0.15) is 26.3 Å². The first-order valence-corrected chi connectivity index (χ1v) is 5.72. The molecule has 0 radical (unpaired) electrons. The van der Waals surface area contributed by atoms with Crippen molar-refractivity contribution in [3.8, 4) is 5.75 Å². The van der Waals surface area contributed by atoms with Crippen LogP contribution < -0.4 is 4.74 Å². The number of benzene rings is 1. The predicted molar refractivity (Wildman–Crippen MR) is 64.3 cm³/mol. The van der Waals surface area contributed by atoms with E-state index in [1.165, 1.54) is 5.56 Å². The molecule has 14 heavy (non-hydrogen) atoms. The summed E-state index contributed by atoms with van der Waals surface area (Å²) < 4.78 is 5.69. The number of rotatable bonds is 4. The molecule has 0 fully saturated rings. The third-order valence-corrected chi connectivity index (χ3v) is 2.16. The Morgan fingerprint density at radius 1 is 1.29 bits per heavy atom. The quantitative estimate of drug-likeness (QED) is 0.745. The van der Waals surface area contributed by atoms with Crippen molar-refractivity contribution in [3.63, 3.8) is 0 Å². The molecule has 0 spiro atoms. The van der Waals surface area contributed by atoms with E-state index in [2.05, 4.69) is 41.9 Å². The van der Waals surface area contributed by atoms with Crippen molar-refractivity contribution in [2.45, 2.75) is 31.5 Å². The highest BCUT2D eigenvalue weighted by Crippen LogP contribution is 2.27. The van der Waals surface area contributed by atoms with Gasteiger partial charge < -0.3 is 4.74 Å². The van der Waals surface area contributed by atoms with Gasteiger partial charge in [0, 0.05) is 4.32 Å². The standard InChI is InChI=1S/C12H17BrO/c1-4-14-11-8-6-5-7-10(11)9-12(2,3)13/h5-8H,4,9H2,1-3H3. The second-order valence-corrected chi connectivity index (χ2v) is 6.08. The maximum Gasteiger partial charge on any atom is 0.122 e. The van der Waals surface area contributed by atoms with Crippen LogP contribution in [0.4, 0.5) is 0 Å². The summed E-state index contributed by atoms with van der Waals surface area (Å²) in [6.07, 6.45) is 0.975. The fourth-order valence-electron chi connectivity index (χ4n) is 1.40. The van der Waals surface area contributed by atoms with E-state index < -0.39 is 0 Å². The zero-order valence-corrected chi connectivity index (χ0v) is 10.6. The number of hydrogen-bond donors (Lipinski definition) is 0. The molecule has 0 atom stereocenters. The summed E-state index contributed by atoms with van der Waals surface area (Å²) >= 11 is 3.64. The van der Waals surface area contributed by atoms with Crippen molar-refractivity contribution in [1.29, 1.82) is 0 Å². The molecular formula is C12H17BrO. The summed E-state index contributed by atoms with van der Waals surface area (Å²) in [5.74, 6) is 1.00. The maximum absolute atomic E-state index is 5.56. The molecule has 0 aromatic heterocycles. The van der Waals surface area contributed by atoms with Gasteiger partial charge in [-0.05, 0) is 38.8 Å². The average molecular weight is 257 g/mol. The van der Waals surface area contributed by atoms with E-state index in [0.29, 0.717) is 0 Å². The molecule has 0 amide bonds. The monoisotopic (exact) mass is 256 g/mol. The molecule has 0 unspecified atom stereocenters. The number of ether oxygens (including phenoxy) is 1. The first-order valence-electron chi connectivity index (χ1n) is 4.92. The van der Waals surface area contributed by atoms with E-state index in [4.69, 9.17) is 4.74 Å². The number of para-hydroxylation sites is 1. The molecule has 78 valence electrons. The van der Waals surface area contributed by atoms with Crippen molar-refractivity contribution in [2.24, 2.45) is 0 Å². The van der Waals surface area contributed by atoms with Gasteiger partial charge in [0.05, 0.1) is 6.61 Å². The lowest BCUT2D eigenvalue weighted by Crippen LogP contribution is -2.14. The third kappa shape index (κ3) is 3.70. The van der Waals surface area contributed by atoms with E-state index in [9.17, 15) is 0 Å². The first kappa shape index (κ1) is 11.6. The fourth-order valence-corrected chi connectivity index (χ4v) is 1.70. The summed E-state index contributed by atoms with van der Waals surface area (Å²) in [7, 11) is 0. The Morgan fingerprint density at radius 3 is 2.50 bits per heavy atom. The molecule has 1 rings (SSSR count). The Kier molecular flexibility index (Phi) is 3.99. The van der Waals surface area contributed by atoms with Gasteiger partial charge in [-0.2, -0.15) is 0 Å². The summed E-state index contributed by atoms with van der Waals surface area (Å²) in [5.41, 5.74) is 1.26. The van der Waals surface area contributed by atoms with Gasteiger partial charge in [0.25, 0.3) is 0 Å². The zero-order valence-electron chi connectivity index (χ0n) is 9.01. The molecule has 1 aromatic carbocycles. The Balaban J connectivity index is 2.84. The van der Waals surface area contributed by atoms with Crippen LogP contribution in [0.5, 0.6) is 5.75 Å². The van der Waals surface area contributed by atoms with Crippen LogP contribution in [0.15, 0.2) is 24.3 Å². The minimum Gasteiger partial charge on any atom is -0.494 e. The summed E-state index contributed by atoms with van der Waals surface area (Å²) in [5, 5.41) is 0. The molecule has 1 nitrogen and oxygen atoms in total. The second kappa shape index (κ2) is 4.83. The minimum atomic E-state index is 0.125. The molecule has 0 aliphatic rings. The number of alkyl halides is 1. The third-order valence-electron chi connectivity index (χ3n) is 1.88. The lowest BCUT2D eigenvalue weighted by Gasteiger charge is -2.18. The van der Waals surface area contributed by atoms with Gasteiger partial charge in [-0.1, -0.05) is 34.1 Å². The molecule has 0 aliphatic carbocycles. The van der Waals surface area contributed by atoms with Gasteiger partial charge in [-0.3, -0.25) is 0 Å². The zero-order chi connectivity index (χ0) is 10.6. The molecule has 0 heterocycles. The average Bonchev–Trinajstić information content (AvgIpc) is 2.06. The van der Waals surface area contributed by atoms with Gasteiger partial charge >= 0.3 is 0 Å². The topological polar surface area (TPSA) is 9.23 Å². The van der Waals surface area contributed by atoms with Crippen LogP contribution in [-0.4, -0.2) is 10.9 Å². The summed E-state index contributed by atoms with van der Waals surface area (Å²) in [6.45, 7) is 7.06. The van der Waals surface area contributed by atoms with Crippen LogP contribution in [-0.2, 0) is 6.42 Å². The maximum atomic E-state index is 5.56. The van der Waals surface area contributed by atoms with Gasteiger partial charge in [-0.15, -0.1) is 0 Å². The molecular weight excluding hydrogens is 240 g/mol. The Labute approximate surface area is 94.6 Å². The van der Waals surface area contributed by atoms with Gasteiger partial charge in [0.1, 0.15) is 5.75 Å². The van der Waals surface area contributed by atoms with E-state index in [0.717, 1.165) is 18.8 Å². The van der Waals surface area contributed by atoms with Crippen molar-refractivity contribution in [1.82, 2.24) is 0 Å². The fraction of sp³-hybridized carbons (Fsp3) is 0.500. The normalized spacial score (nSPS) is 11.4. The van der Waals surface area contributed by atoms with Crippen LogP contribution in [0.2, 0.25) is 0 Å². The van der Waals surface area contributed by atoms with Crippen LogP contribution in [0, 0.1) is 0 Å². The van der Waals surface area contributed by atoms with E-state index in [1.54, 1.807) is 0 Å².